The summed E-state index contributed by atoms with van der Waals surface area (Å²) in [5.74, 6) is 1.12. The molecule has 21 heavy (non-hydrogen) atoms. The quantitative estimate of drug-likeness (QED) is 0.924. The first-order valence-corrected chi connectivity index (χ1v) is 8.51. The maximum atomic E-state index is 8.87. The average Bonchev–Trinajstić information content (AvgIpc) is 2.92. The van der Waals surface area contributed by atoms with Crippen molar-refractivity contribution in [3.8, 4) is 6.07 Å². The first kappa shape index (κ1) is 14.6. The second-order valence-electron chi connectivity index (χ2n) is 6.54. The van der Waals surface area contributed by atoms with Gasteiger partial charge in [0.25, 0.3) is 0 Å². The minimum absolute atomic E-state index is 0.488. The predicted molar refractivity (Wildman–Crippen MR) is 83.0 cm³/mol. The highest BCUT2D eigenvalue weighted by Gasteiger charge is 2.31. The summed E-state index contributed by atoms with van der Waals surface area (Å²) in [5, 5.41) is 13.8. The fourth-order valence-electron chi connectivity index (χ4n) is 4.15. The third-order valence-corrected chi connectivity index (χ3v) is 5.21. The maximum absolute atomic E-state index is 8.87. The topological polar surface area (TPSA) is 67.6 Å². The van der Waals surface area contributed by atoms with Crippen molar-refractivity contribution in [1.29, 1.82) is 5.26 Å². The summed E-state index contributed by atoms with van der Waals surface area (Å²) in [6.07, 6.45) is 10.6. The molecule has 0 radical (unpaired) electrons. The van der Waals surface area contributed by atoms with Crippen LogP contribution in [0.1, 0.15) is 80.2 Å². The van der Waals surface area contributed by atoms with Crippen LogP contribution in [0, 0.1) is 11.3 Å². The Bertz CT molecular complexity index is 520. The van der Waals surface area contributed by atoms with E-state index >= 15 is 0 Å². The number of nitrogens with zero attached hydrogens (tertiary/aromatic N) is 3. The molecular weight excluding hydrogens is 260 g/mol. The lowest BCUT2D eigenvalue weighted by Gasteiger charge is -2.26. The summed E-state index contributed by atoms with van der Waals surface area (Å²) in [5.41, 5.74) is 10.2. The first-order chi connectivity index (χ1) is 10.3. The van der Waals surface area contributed by atoms with Gasteiger partial charge in [-0.15, -0.1) is 0 Å². The van der Waals surface area contributed by atoms with Crippen LogP contribution in [-0.4, -0.2) is 16.3 Å². The molecule has 0 amide bonds. The molecule has 2 aliphatic rings. The van der Waals surface area contributed by atoms with Crippen molar-refractivity contribution >= 4 is 0 Å². The summed E-state index contributed by atoms with van der Waals surface area (Å²) in [6, 6.07) is 2.25. The fourth-order valence-corrected chi connectivity index (χ4v) is 4.15. The van der Waals surface area contributed by atoms with E-state index in [-0.39, 0.29) is 0 Å². The van der Waals surface area contributed by atoms with Crippen LogP contribution in [0.25, 0.3) is 0 Å². The van der Waals surface area contributed by atoms with Crippen molar-refractivity contribution in [2.75, 3.05) is 6.54 Å². The molecular formula is C17H26N4. The van der Waals surface area contributed by atoms with Gasteiger partial charge in [0.2, 0.25) is 0 Å². The number of aryl methyl sites for hydroxylation is 1. The smallest absolute Gasteiger partial charge is 0.0693 e. The van der Waals surface area contributed by atoms with E-state index in [9.17, 15) is 0 Å². The standard InChI is InChI=1S/C17H26N4/c18-10-5-11-21-15-9-4-8-14(12-19)16(15)17(20-21)13-6-2-1-3-7-13/h13-14H,1-9,11-12,19H2. The largest absolute Gasteiger partial charge is 0.330 e. The molecule has 4 nitrogen and oxygen atoms in total. The normalized spacial score (nSPS) is 22.8. The van der Waals surface area contributed by atoms with Gasteiger partial charge in [-0.05, 0) is 44.6 Å². The SMILES string of the molecule is N#CCCn1nc(C2CCCCC2)c2c1CCCC2CN. The number of aromatic nitrogens is 2. The maximum Gasteiger partial charge on any atom is 0.0693 e. The number of nitrogens with two attached hydrogens (primary N) is 1. The average molecular weight is 286 g/mol. The van der Waals surface area contributed by atoms with E-state index in [1.165, 1.54) is 61.9 Å². The Morgan fingerprint density at radius 3 is 2.71 bits per heavy atom. The molecule has 4 heteroatoms. The van der Waals surface area contributed by atoms with Crippen molar-refractivity contribution in [1.82, 2.24) is 9.78 Å². The van der Waals surface area contributed by atoms with Gasteiger partial charge in [0.1, 0.15) is 0 Å². The summed E-state index contributed by atoms with van der Waals surface area (Å²) >= 11 is 0. The number of hydrogen-bond donors (Lipinski definition) is 1. The van der Waals surface area contributed by atoms with E-state index in [1.54, 1.807) is 0 Å². The van der Waals surface area contributed by atoms with Crippen molar-refractivity contribution < 1.29 is 0 Å². The third-order valence-electron chi connectivity index (χ3n) is 5.21. The lowest BCUT2D eigenvalue weighted by Crippen LogP contribution is -2.20. The molecule has 1 saturated carbocycles. The molecule has 1 aromatic heterocycles. The highest BCUT2D eigenvalue weighted by atomic mass is 15.3. The summed E-state index contributed by atoms with van der Waals surface area (Å²) in [4.78, 5) is 0. The first-order valence-electron chi connectivity index (χ1n) is 8.51. The van der Waals surface area contributed by atoms with Gasteiger partial charge in [0, 0.05) is 17.2 Å². The van der Waals surface area contributed by atoms with E-state index in [4.69, 9.17) is 16.1 Å². The molecule has 1 fully saturated rings. The molecule has 0 spiro atoms. The molecule has 3 rings (SSSR count). The number of fused-ring (bicyclic) bond motifs is 1. The summed E-state index contributed by atoms with van der Waals surface area (Å²) in [7, 11) is 0. The zero-order valence-corrected chi connectivity index (χ0v) is 12.9. The van der Waals surface area contributed by atoms with Gasteiger partial charge >= 0.3 is 0 Å². The van der Waals surface area contributed by atoms with Gasteiger partial charge in [-0.3, -0.25) is 4.68 Å². The zero-order valence-electron chi connectivity index (χ0n) is 12.9. The van der Waals surface area contributed by atoms with Gasteiger partial charge in [-0.1, -0.05) is 19.3 Å². The molecule has 0 aromatic carbocycles. The zero-order chi connectivity index (χ0) is 14.7. The lowest BCUT2D eigenvalue weighted by molar-refractivity contribution is 0.427. The van der Waals surface area contributed by atoms with E-state index < -0.39 is 0 Å². The van der Waals surface area contributed by atoms with Crippen molar-refractivity contribution in [2.45, 2.75) is 76.2 Å². The van der Waals surface area contributed by atoms with Crippen LogP contribution < -0.4 is 5.73 Å². The molecule has 1 unspecified atom stereocenters. The van der Waals surface area contributed by atoms with Gasteiger partial charge in [-0.25, -0.2) is 0 Å². The molecule has 0 saturated heterocycles. The summed E-state index contributed by atoms with van der Waals surface area (Å²) < 4.78 is 2.13. The Morgan fingerprint density at radius 1 is 1.19 bits per heavy atom. The predicted octanol–water partition coefficient (Wildman–Crippen LogP) is 3.22. The van der Waals surface area contributed by atoms with E-state index in [0.29, 0.717) is 18.3 Å². The second kappa shape index (κ2) is 6.62. The highest BCUT2D eigenvalue weighted by molar-refractivity contribution is 5.35. The Balaban J connectivity index is 1.97. The van der Waals surface area contributed by atoms with Crippen molar-refractivity contribution in [2.24, 2.45) is 5.73 Å². The molecule has 1 heterocycles. The monoisotopic (exact) mass is 286 g/mol. The van der Waals surface area contributed by atoms with Crippen molar-refractivity contribution in [3.63, 3.8) is 0 Å². The van der Waals surface area contributed by atoms with E-state index in [2.05, 4.69) is 10.8 Å². The van der Waals surface area contributed by atoms with Crippen LogP contribution in [0.5, 0.6) is 0 Å². The highest BCUT2D eigenvalue weighted by Crippen LogP contribution is 2.41. The van der Waals surface area contributed by atoms with E-state index in [1.807, 2.05) is 0 Å². The third kappa shape index (κ3) is 2.85. The molecule has 0 aliphatic heterocycles. The van der Waals surface area contributed by atoms with Gasteiger partial charge < -0.3 is 5.73 Å². The van der Waals surface area contributed by atoms with Crippen LogP contribution >= 0.6 is 0 Å². The van der Waals surface area contributed by atoms with Crippen LogP contribution in [0.4, 0.5) is 0 Å². The second-order valence-corrected chi connectivity index (χ2v) is 6.54. The molecule has 114 valence electrons. The Hall–Kier alpha value is -1.34. The minimum Gasteiger partial charge on any atom is -0.330 e. The van der Waals surface area contributed by atoms with Crippen LogP contribution in [0.3, 0.4) is 0 Å². The van der Waals surface area contributed by atoms with E-state index in [0.717, 1.165) is 19.5 Å². The van der Waals surface area contributed by atoms with Crippen LogP contribution in [0.15, 0.2) is 0 Å². The van der Waals surface area contributed by atoms with Crippen LogP contribution in [-0.2, 0) is 13.0 Å². The Labute approximate surface area is 127 Å². The van der Waals surface area contributed by atoms with Crippen molar-refractivity contribution in [3.05, 3.63) is 17.0 Å². The molecule has 2 aliphatic carbocycles. The minimum atomic E-state index is 0.488. The van der Waals surface area contributed by atoms with Crippen LogP contribution in [0.2, 0.25) is 0 Å². The lowest BCUT2D eigenvalue weighted by atomic mass is 9.79. The Kier molecular flexibility index (Phi) is 4.60. The molecule has 2 N–H and O–H groups in total. The number of hydrogen-bond acceptors (Lipinski definition) is 3. The fraction of sp³-hybridized carbons (Fsp3) is 0.765. The number of rotatable bonds is 4. The van der Waals surface area contributed by atoms with Gasteiger partial charge in [0.15, 0.2) is 0 Å². The Morgan fingerprint density at radius 2 is 2.00 bits per heavy atom. The molecule has 0 bridgehead atoms. The summed E-state index contributed by atoms with van der Waals surface area (Å²) in [6.45, 7) is 1.47. The van der Waals surface area contributed by atoms with Gasteiger partial charge in [0.05, 0.1) is 24.7 Å². The molecule has 1 atom stereocenters. The molecule has 1 aromatic rings. The number of nitriles is 1. The van der Waals surface area contributed by atoms with Gasteiger partial charge in [-0.2, -0.15) is 10.4 Å².